The molecule has 2 heterocycles. The van der Waals surface area contributed by atoms with Crippen molar-refractivity contribution in [1.82, 2.24) is 10.2 Å². The Labute approximate surface area is 140 Å². The van der Waals surface area contributed by atoms with Gasteiger partial charge in [0.25, 0.3) is 0 Å². The maximum atomic E-state index is 12.1. The van der Waals surface area contributed by atoms with Crippen molar-refractivity contribution in [2.45, 2.75) is 12.5 Å². The molecule has 0 spiro atoms. The van der Waals surface area contributed by atoms with E-state index in [2.05, 4.69) is 10.5 Å². The first-order chi connectivity index (χ1) is 11.3. The van der Waals surface area contributed by atoms with Crippen LogP contribution in [0.4, 0.5) is 4.79 Å². The summed E-state index contributed by atoms with van der Waals surface area (Å²) >= 11 is 1.89. The molecule has 1 atom stereocenters. The van der Waals surface area contributed by atoms with E-state index >= 15 is 0 Å². The summed E-state index contributed by atoms with van der Waals surface area (Å²) in [6, 6.07) is 7.73. The predicted molar refractivity (Wildman–Crippen MR) is 91.3 cm³/mol. The molecule has 2 aliphatic heterocycles. The number of ether oxygens (including phenoxy) is 1. The normalized spacial score (nSPS) is 20.7. The van der Waals surface area contributed by atoms with Gasteiger partial charge in [0.2, 0.25) is 0 Å². The highest BCUT2D eigenvalue weighted by molar-refractivity contribution is 7.99. The zero-order valence-electron chi connectivity index (χ0n) is 13.2. The first-order valence-corrected chi connectivity index (χ1v) is 8.89. The van der Waals surface area contributed by atoms with Crippen molar-refractivity contribution in [2.75, 3.05) is 38.2 Å². The molecule has 1 fully saturated rings. The number of amides is 2. The summed E-state index contributed by atoms with van der Waals surface area (Å²) in [6.45, 7) is 2.11. The minimum atomic E-state index is -0.102. The standard InChI is InChI=1S/C16H21N3O3S/c1-21-13-4-2-12(3-5-13)15-10-14(22-18-15)11-17-16(20)19-6-8-23-9-7-19/h2-5,14H,6-11H2,1H3,(H,17,20)/t14-/m1/s1. The van der Waals surface area contributed by atoms with Crippen LogP contribution >= 0.6 is 11.8 Å². The minimum absolute atomic E-state index is 0.00759. The van der Waals surface area contributed by atoms with Crippen LogP contribution in [-0.4, -0.2) is 61.0 Å². The van der Waals surface area contributed by atoms with Gasteiger partial charge in [-0.05, 0) is 29.8 Å². The molecule has 6 nitrogen and oxygen atoms in total. The minimum Gasteiger partial charge on any atom is -0.497 e. The monoisotopic (exact) mass is 335 g/mol. The van der Waals surface area contributed by atoms with Crippen LogP contribution in [0.3, 0.4) is 0 Å². The average molecular weight is 335 g/mol. The molecule has 0 bridgehead atoms. The lowest BCUT2D eigenvalue weighted by atomic mass is 10.0. The second-order valence-electron chi connectivity index (χ2n) is 5.48. The van der Waals surface area contributed by atoms with Crippen LogP contribution in [0.1, 0.15) is 12.0 Å². The Bertz CT molecular complexity index is 570. The first-order valence-electron chi connectivity index (χ1n) is 7.74. The predicted octanol–water partition coefficient (Wildman–Crippen LogP) is 1.95. The summed E-state index contributed by atoms with van der Waals surface area (Å²) in [4.78, 5) is 19.4. The number of carbonyl (C=O) groups excluding carboxylic acids is 1. The van der Waals surface area contributed by atoms with E-state index in [9.17, 15) is 4.79 Å². The SMILES string of the molecule is COc1ccc(C2=NO[C@@H](CNC(=O)N3CCSCC3)C2)cc1. The van der Waals surface area contributed by atoms with Crippen LogP contribution in [0.5, 0.6) is 5.75 Å². The molecular weight excluding hydrogens is 314 g/mol. The highest BCUT2D eigenvalue weighted by Gasteiger charge is 2.24. The molecule has 1 aromatic rings. The zero-order chi connectivity index (χ0) is 16.1. The number of benzene rings is 1. The van der Waals surface area contributed by atoms with E-state index < -0.39 is 0 Å². The summed E-state index contributed by atoms with van der Waals surface area (Å²) in [5.74, 6) is 2.84. The summed E-state index contributed by atoms with van der Waals surface area (Å²) in [5.41, 5.74) is 1.92. The summed E-state index contributed by atoms with van der Waals surface area (Å²) in [7, 11) is 1.64. The molecule has 0 radical (unpaired) electrons. The quantitative estimate of drug-likeness (QED) is 0.913. The highest BCUT2D eigenvalue weighted by atomic mass is 32.2. The summed E-state index contributed by atoms with van der Waals surface area (Å²) in [5, 5.41) is 7.08. The van der Waals surface area contributed by atoms with Gasteiger partial charge < -0.3 is 19.8 Å². The van der Waals surface area contributed by atoms with Crippen molar-refractivity contribution < 1.29 is 14.4 Å². The Kier molecular flexibility index (Phi) is 5.27. The average Bonchev–Trinajstić information content (AvgIpc) is 3.09. The third kappa shape index (κ3) is 4.10. The van der Waals surface area contributed by atoms with E-state index in [0.717, 1.165) is 41.6 Å². The lowest BCUT2D eigenvalue weighted by Gasteiger charge is -2.26. The van der Waals surface area contributed by atoms with Gasteiger partial charge >= 0.3 is 6.03 Å². The number of oxime groups is 1. The molecule has 124 valence electrons. The number of hydrogen-bond donors (Lipinski definition) is 1. The van der Waals surface area contributed by atoms with Crippen molar-refractivity contribution in [3.8, 4) is 5.75 Å². The fraction of sp³-hybridized carbons (Fsp3) is 0.500. The highest BCUT2D eigenvalue weighted by Crippen LogP contribution is 2.19. The van der Waals surface area contributed by atoms with Crippen molar-refractivity contribution in [3.05, 3.63) is 29.8 Å². The van der Waals surface area contributed by atoms with E-state index in [1.54, 1.807) is 7.11 Å². The van der Waals surface area contributed by atoms with E-state index in [1.807, 2.05) is 40.9 Å². The van der Waals surface area contributed by atoms with Gasteiger partial charge in [0.15, 0.2) is 6.10 Å². The van der Waals surface area contributed by atoms with Gasteiger partial charge in [0.05, 0.1) is 19.4 Å². The Hall–Kier alpha value is -1.89. The molecule has 0 saturated carbocycles. The lowest BCUT2D eigenvalue weighted by molar-refractivity contribution is 0.0850. The van der Waals surface area contributed by atoms with E-state index in [4.69, 9.17) is 9.57 Å². The molecule has 1 aromatic carbocycles. The fourth-order valence-electron chi connectivity index (χ4n) is 2.57. The third-order valence-corrected chi connectivity index (χ3v) is 4.88. The van der Waals surface area contributed by atoms with E-state index in [1.165, 1.54) is 0 Å². The molecule has 3 rings (SSSR count). The molecule has 2 aliphatic rings. The number of thioether (sulfide) groups is 1. The van der Waals surface area contributed by atoms with Gasteiger partial charge in [-0.25, -0.2) is 4.79 Å². The number of methoxy groups -OCH3 is 1. The Morgan fingerprint density at radius 3 is 2.83 bits per heavy atom. The van der Waals surface area contributed by atoms with Gasteiger partial charge in [0, 0.05) is 31.0 Å². The Balaban J connectivity index is 1.46. The van der Waals surface area contributed by atoms with Crippen LogP contribution < -0.4 is 10.1 Å². The topological polar surface area (TPSA) is 63.2 Å². The molecule has 23 heavy (non-hydrogen) atoms. The molecule has 1 saturated heterocycles. The summed E-state index contributed by atoms with van der Waals surface area (Å²) < 4.78 is 5.15. The van der Waals surface area contributed by atoms with Crippen LogP contribution in [0.2, 0.25) is 0 Å². The lowest BCUT2D eigenvalue weighted by Crippen LogP contribution is -2.46. The Morgan fingerprint density at radius 1 is 1.39 bits per heavy atom. The molecule has 0 aromatic heterocycles. The number of nitrogens with one attached hydrogen (secondary N) is 1. The van der Waals surface area contributed by atoms with Gasteiger partial charge in [0.1, 0.15) is 5.75 Å². The van der Waals surface area contributed by atoms with Crippen LogP contribution in [0.25, 0.3) is 0 Å². The molecule has 7 heteroatoms. The number of nitrogens with zero attached hydrogens (tertiary/aromatic N) is 2. The Morgan fingerprint density at radius 2 is 2.13 bits per heavy atom. The third-order valence-electron chi connectivity index (χ3n) is 3.94. The first kappa shape index (κ1) is 16.0. The van der Waals surface area contributed by atoms with Crippen molar-refractivity contribution in [2.24, 2.45) is 5.16 Å². The number of carbonyl (C=O) groups is 1. The van der Waals surface area contributed by atoms with Gasteiger partial charge in [-0.1, -0.05) is 5.16 Å². The maximum absolute atomic E-state index is 12.1. The second kappa shape index (κ2) is 7.59. The maximum Gasteiger partial charge on any atom is 0.317 e. The number of hydrogen-bond acceptors (Lipinski definition) is 5. The van der Waals surface area contributed by atoms with Gasteiger partial charge in [-0.2, -0.15) is 11.8 Å². The molecule has 1 N–H and O–H groups in total. The number of urea groups is 1. The largest absolute Gasteiger partial charge is 0.497 e. The van der Waals surface area contributed by atoms with Crippen molar-refractivity contribution in [3.63, 3.8) is 0 Å². The zero-order valence-corrected chi connectivity index (χ0v) is 14.0. The van der Waals surface area contributed by atoms with E-state index in [-0.39, 0.29) is 12.1 Å². The molecule has 2 amide bonds. The second-order valence-corrected chi connectivity index (χ2v) is 6.71. The van der Waals surface area contributed by atoms with Crippen molar-refractivity contribution in [1.29, 1.82) is 0 Å². The van der Waals surface area contributed by atoms with Gasteiger partial charge in [-0.15, -0.1) is 0 Å². The number of rotatable bonds is 4. The molecular formula is C16H21N3O3S. The van der Waals surface area contributed by atoms with Gasteiger partial charge in [-0.3, -0.25) is 0 Å². The summed E-state index contributed by atoms with van der Waals surface area (Å²) in [6.07, 6.45) is 0.595. The van der Waals surface area contributed by atoms with E-state index in [0.29, 0.717) is 13.0 Å². The van der Waals surface area contributed by atoms with Crippen LogP contribution in [0.15, 0.2) is 29.4 Å². The molecule has 0 aliphatic carbocycles. The molecule has 0 unspecified atom stereocenters. The van der Waals surface area contributed by atoms with Crippen molar-refractivity contribution >= 4 is 23.5 Å². The smallest absolute Gasteiger partial charge is 0.317 e. The van der Waals surface area contributed by atoms with Crippen LogP contribution in [0, 0.1) is 0 Å². The van der Waals surface area contributed by atoms with Crippen LogP contribution in [-0.2, 0) is 4.84 Å². The fourth-order valence-corrected chi connectivity index (χ4v) is 3.47.